The molecule has 1 heterocycles. The predicted octanol–water partition coefficient (Wildman–Crippen LogP) is 3.55. The van der Waals surface area contributed by atoms with Crippen molar-refractivity contribution in [2.24, 2.45) is 0 Å². The molecule has 0 amide bonds. The summed E-state index contributed by atoms with van der Waals surface area (Å²) in [6, 6.07) is 14.9. The lowest BCUT2D eigenvalue weighted by atomic mass is 9.78. The topological polar surface area (TPSA) is 51.8 Å². The van der Waals surface area contributed by atoms with Gasteiger partial charge in [-0.05, 0) is 29.2 Å². The molecule has 0 saturated heterocycles. The molecule has 4 heteroatoms. The highest BCUT2D eigenvalue weighted by atomic mass is 19.1. The van der Waals surface area contributed by atoms with Crippen LogP contribution in [0.5, 0.6) is 0 Å². The summed E-state index contributed by atoms with van der Waals surface area (Å²) < 4.78 is 14.3. The molecule has 0 unspecified atom stereocenters. The molecule has 22 heavy (non-hydrogen) atoms. The van der Waals surface area contributed by atoms with Crippen LogP contribution >= 0.6 is 0 Å². The van der Waals surface area contributed by atoms with Crippen LogP contribution < -0.4 is 5.73 Å². The summed E-state index contributed by atoms with van der Waals surface area (Å²) in [7, 11) is 0. The van der Waals surface area contributed by atoms with Crippen molar-refractivity contribution in [1.29, 1.82) is 0 Å². The molecular formula is C18H14FN3. The van der Waals surface area contributed by atoms with Crippen LogP contribution in [0, 0.1) is 5.82 Å². The second kappa shape index (κ2) is 4.91. The van der Waals surface area contributed by atoms with Gasteiger partial charge in [-0.3, -0.25) is 0 Å². The van der Waals surface area contributed by atoms with Crippen LogP contribution in [0.2, 0.25) is 0 Å². The monoisotopic (exact) mass is 291 g/mol. The normalized spacial score (nSPS) is 16.0. The van der Waals surface area contributed by atoms with Crippen molar-refractivity contribution in [1.82, 2.24) is 9.97 Å². The quantitative estimate of drug-likeness (QED) is 0.746. The highest BCUT2D eigenvalue weighted by Gasteiger charge is 2.28. The van der Waals surface area contributed by atoms with Gasteiger partial charge < -0.3 is 5.73 Å². The second-order valence-electron chi connectivity index (χ2n) is 5.47. The highest BCUT2D eigenvalue weighted by Crippen LogP contribution is 2.42. The Morgan fingerprint density at radius 1 is 1.00 bits per heavy atom. The van der Waals surface area contributed by atoms with Crippen LogP contribution in [-0.2, 0) is 6.42 Å². The van der Waals surface area contributed by atoms with Crippen molar-refractivity contribution >= 4 is 5.95 Å². The third kappa shape index (κ3) is 1.96. The van der Waals surface area contributed by atoms with Crippen LogP contribution in [0.4, 0.5) is 10.3 Å². The Hall–Kier alpha value is -2.75. The van der Waals surface area contributed by atoms with Crippen LogP contribution in [-0.4, -0.2) is 9.97 Å². The molecular weight excluding hydrogens is 277 g/mol. The van der Waals surface area contributed by atoms with Crippen molar-refractivity contribution in [3.63, 3.8) is 0 Å². The lowest BCUT2D eigenvalue weighted by molar-refractivity contribution is 0.593. The summed E-state index contributed by atoms with van der Waals surface area (Å²) in [5.41, 5.74) is 10.4. The van der Waals surface area contributed by atoms with Crippen LogP contribution in [0.25, 0.3) is 11.3 Å². The van der Waals surface area contributed by atoms with Crippen LogP contribution in [0.15, 0.2) is 54.7 Å². The van der Waals surface area contributed by atoms with Gasteiger partial charge >= 0.3 is 0 Å². The fourth-order valence-corrected chi connectivity index (χ4v) is 3.18. The number of rotatable bonds is 1. The summed E-state index contributed by atoms with van der Waals surface area (Å²) >= 11 is 0. The Balaban J connectivity index is 1.95. The molecule has 1 atom stereocenters. The summed E-state index contributed by atoms with van der Waals surface area (Å²) in [6.45, 7) is 0. The molecule has 0 saturated carbocycles. The fourth-order valence-electron chi connectivity index (χ4n) is 3.18. The van der Waals surface area contributed by atoms with Crippen molar-refractivity contribution in [3.05, 3.63) is 77.2 Å². The number of aromatic nitrogens is 2. The SMILES string of the molecule is Nc1ncc2c(n1)-c1ccccc1[C@H](c1ccccc1F)C2. The van der Waals surface area contributed by atoms with E-state index in [0.717, 1.165) is 22.4 Å². The van der Waals surface area contributed by atoms with Gasteiger partial charge in [0.2, 0.25) is 5.95 Å². The molecule has 1 aliphatic rings. The average Bonchev–Trinajstić information content (AvgIpc) is 2.55. The largest absolute Gasteiger partial charge is 0.368 e. The number of benzene rings is 2. The third-order valence-corrected chi connectivity index (χ3v) is 4.18. The Bertz CT molecular complexity index is 860. The van der Waals surface area contributed by atoms with Gasteiger partial charge in [0.1, 0.15) is 5.82 Å². The average molecular weight is 291 g/mol. The fraction of sp³-hybridized carbons (Fsp3) is 0.111. The van der Waals surface area contributed by atoms with E-state index >= 15 is 0 Å². The number of nitrogens with two attached hydrogens (primary N) is 1. The first-order valence-electron chi connectivity index (χ1n) is 7.19. The first-order chi connectivity index (χ1) is 10.7. The third-order valence-electron chi connectivity index (χ3n) is 4.18. The van der Waals surface area contributed by atoms with E-state index in [1.165, 1.54) is 6.07 Å². The molecule has 2 aromatic carbocycles. The van der Waals surface area contributed by atoms with Gasteiger partial charge in [-0.25, -0.2) is 14.4 Å². The van der Waals surface area contributed by atoms with E-state index in [0.29, 0.717) is 12.0 Å². The van der Waals surface area contributed by atoms with Crippen molar-refractivity contribution in [2.75, 3.05) is 5.73 Å². The van der Waals surface area contributed by atoms with Gasteiger partial charge in [-0.2, -0.15) is 0 Å². The first kappa shape index (κ1) is 13.0. The molecule has 0 fully saturated rings. The lowest BCUT2D eigenvalue weighted by Gasteiger charge is -2.27. The predicted molar refractivity (Wildman–Crippen MR) is 83.8 cm³/mol. The van der Waals surface area contributed by atoms with Crippen molar-refractivity contribution in [2.45, 2.75) is 12.3 Å². The van der Waals surface area contributed by atoms with E-state index in [9.17, 15) is 4.39 Å². The molecule has 3 nitrogen and oxygen atoms in total. The van der Waals surface area contributed by atoms with Crippen molar-refractivity contribution in [3.8, 4) is 11.3 Å². The number of halogens is 1. The van der Waals surface area contributed by atoms with E-state index in [1.807, 2.05) is 36.4 Å². The van der Waals surface area contributed by atoms with Gasteiger partial charge in [0, 0.05) is 17.7 Å². The number of hydrogen-bond donors (Lipinski definition) is 1. The molecule has 4 rings (SSSR count). The number of fused-ring (bicyclic) bond motifs is 3. The highest BCUT2D eigenvalue weighted by molar-refractivity contribution is 5.72. The van der Waals surface area contributed by atoms with E-state index in [1.54, 1.807) is 12.3 Å². The standard InChI is InChI=1S/C18H14FN3/c19-16-8-4-3-6-13(16)15-9-11-10-21-18(20)22-17(11)14-7-2-1-5-12(14)15/h1-8,10,15H,9H2,(H2,20,21,22)/t15-/m1/s1. The molecule has 3 aromatic rings. The molecule has 2 N–H and O–H groups in total. The van der Waals surface area contributed by atoms with E-state index in [4.69, 9.17) is 5.73 Å². The maximum absolute atomic E-state index is 14.3. The molecule has 0 bridgehead atoms. The van der Waals surface area contributed by atoms with Crippen LogP contribution in [0.3, 0.4) is 0 Å². The Morgan fingerprint density at radius 3 is 2.55 bits per heavy atom. The Kier molecular flexibility index (Phi) is 2.89. The molecule has 1 aliphatic carbocycles. The van der Waals surface area contributed by atoms with Crippen molar-refractivity contribution < 1.29 is 4.39 Å². The first-order valence-corrected chi connectivity index (χ1v) is 7.19. The second-order valence-corrected chi connectivity index (χ2v) is 5.47. The number of hydrogen-bond acceptors (Lipinski definition) is 3. The molecule has 1 aromatic heterocycles. The van der Waals surface area contributed by atoms with Gasteiger partial charge in [0.05, 0.1) is 5.69 Å². The lowest BCUT2D eigenvalue weighted by Crippen LogP contribution is -2.16. The smallest absolute Gasteiger partial charge is 0.220 e. The molecule has 108 valence electrons. The molecule has 0 aliphatic heterocycles. The Labute approximate surface area is 127 Å². The van der Waals surface area contributed by atoms with E-state index in [-0.39, 0.29) is 17.7 Å². The minimum Gasteiger partial charge on any atom is -0.368 e. The zero-order valence-corrected chi connectivity index (χ0v) is 11.8. The molecule has 0 spiro atoms. The number of nitrogen functional groups attached to an aromatic ring is 1. The zero-order valence-electron chi connectivity index (χ0n) is 11.8. The van der Waals surface area contributed by atoms with Crippen LogP contribution in [0.1, 0.15) is 22.6 Å². The summed E-state index contributed by atoms with van der Waals surface area (Å²) in [6.07, 6.45) is 2.43. The van der Waals surface area contributed by atoms with E-state index in [2.05, 4.69) is 9.97 Å². The number of nitrogens with zero attached hydrogens (tertiary/aromatic N) is 2. The van der Waals surface area contributed by atoms with Gasteiger partial charge in [0.15, 0.2) is 0 Å². The van der Waals surface area contributed by atoms with Gasteiger partial charge in [-0.1, -0.05) is 42.5 Å². The zero-order chi connectivity index (χ0) is 15.1. The maximum Gasteiger partial charge on any atom is 0.220 e. The number of anilines is 1. The summed E-state index contributed by atoms with van der Waals surface area (Å²) in [4.78, 5) is 8.47. The summed E-state index contributed by atoms with van der Waals surface area (Å²) in [5, 5.41) is 0. The minimum absolute atomic E-state index is 0.0304. The Morgan fingerprint density at radius 2 is 1.73 bits per heavy atom. The minimum atomic E-state index is -0.179. The maximum atomic E-state index is 14.3. The van der Waals surface area contributed by atoms with Gasteiger partial charge in [0.25, 0.3) is 0 Å². The van der Waals surface area contributed by atoms with E-state index < -0.39 is 0 Å². The van der Waals surface area contributed by atoms with Gasteiger partial charge in [-0.15, -0.1) is 0 Å². The molecule has 0 radical (unpaired) electrons. The summed E-state index contributed by atoms with van der Waals surface area (Å²) in [5.74, 6) is 0.0529.